The minimum atomic E-state index is 0.211. The lowest BCUT2D eigenvalue weighted by Gasteiger charge is -2.39. The van der Waals surface area contributed by atoms with Gasteiger partial charge in [-0.1, -0.05) is 6.07 Å². The highest BCUT2D eigenvalue weighted by Gasteiger charge is 2.48. The van der Waals surface area contributed by atoms with Crippen molar-refractivity contribution in [2.24, 2.45) is 5.92 Å². The van der Waals surface area contributed by atoms with E-state index in [1.54, 1.807) is 6.92 Å². The molecule has 0 radical (unpaired) electrons. The second kappa shape index (κ2) is 5.52. The summed E-state index contributed by atoms with van der Waals surface area (Å²) in [4.78, 5) is 20.8. The largest absolute Gasteiger partial charge is 0.338 e. The standard InChI is InChI=1S/C16H23N3O/c1-3-19(12(2)20)16-14-6-8-18(11-14)15(16)9-13-5-4-7-17-10-13/h4-5,7,10,14-16H,3,6,8-9,11H2,1-2H3. The minimum Gasteiger partial charge on any atom is -0.338 e. The monoisotopic (exact) mass is 273 g/mol. The van der Waals surface area contributed by atoms with Crippen molar-refractivity contribution in [2.75, 3.05) is 19.6 Å². The topological polar surface area (TPSA) is 36.4 Å². The molecule has 1 aromatic rings. The number of amides is 1. The number of carbonyl (C=O) groups is 1. The van der Waals surface area contributed by atoms with Crippen molar-refractivity contribution >= 4 is 5.91 Å². The maximum absolute atomic E-state index is 11.9. The molecule has 2 fully saturated rings. The number of piperidine rings is 1. The molecule has 3 heterocycles. The van der Waals surface area contributed by atoms with Crippen LogP contribution in [0.1, 0.15) is 25.8 Å². The fraction of sp³-hybridized carbons (Fsp3) is 0.625. The van der Waals surface area contributed by atoms with E-state index in [1.165, 1.54) is 18.5 Å². The zero-order valence-electron chi connectivity index (χ0n) is 12.3. The first-order valence-electron chi connectivity index (χ1n) is 7.61. The van der Waals surface area contributed by atoms with Gasteiger partial charge in [-0.25, -0.2) is 0 Å². The lowest BCUT2D eigenvalue weighted by molar-refractivity contribution is -0.132. The van der Waals surface area contributed by atoms with Gasteiger partial charge in [-0.3, -0.25) is 14.7 Å². The molecule has 108 valence electrons. The molecule has 0 spiro atoms. The Morgan fingerprint density at radius 1 is 1.55 bits per heavy atom. The Hall–Kier alpha value is -1.42. The quantitative estimate of drug-likeness (QED) is 0.835. The molecule has 2 saturated heterocycles. The molecule has 0 aromatic carbocycles. The van der Waals surface area contributed by atoms with E-state index in [4.69, 9.17) is 0 Å². The Morgan fingerprint density at radius 3 is 3.05 bits per heavy atom. The molecule has 0 N–H and O–H groups in total. The summed E-state index contributed by atoms with van der Waals surface area (Å²) in [6.07, 6.45) is 6.00. The van der Waals surface area contributed by atoms with Gasteiger partial charge in [0, 0.05) is 38.4 Å². The van der Waals surface area contributed by atoms with Gasteiger partial charge in [0.05, 0.1) is 6.04 Å². The molecule has 4 unspecified atom stereocenters. The Labute approximate surface area is 120 Å². The van der Waals surface area contributed by atoms with Gasteiger partial charge in [0.2, 0.25) is 5.91 Å². The fourth-order valence-electron chi connectivity index (χ4n) is 4.04. The average molecular weight is 273 g/mol. The molecule has 3 rings (SSSR count). The van der Waals surface area contributed by atoms with E-state index in [-0.39, 0.29) is 5.91 Å². The molecule has 2 aliphatic rings. The number of pyridine rings is 1. The highest BCUT2D eigenvalue weighted by molar-refractivity contribution is 5.73. The van der Waals surface area contributed by atoms with Gasteiger partial charge in [0.15, 0.2) is 0 Å². The van der Waals surface area contributed by atoms with Crippen LogP contribution in [0.5, 0.6) is 0 Å². The molecule has 2 aliphatic heterocycles. The summed E-state index contributed by atoms with van der Waals surface area (Å²) in [7, 11) is 0. The van der Waals surface area contributed by atoms with Crippen LogP contribution in [-0.2, 0) is 11.2 Å². The van der Waals surface area contributed by atoms with Crippen LogP contribution in [-0.4, -0.2) is 52.4 Å². The van der Waals surface area contributed by atoms with Crippen molar-refractivity contribution < 1.29 is 4.79 Å². The van der Waals surface area contributed by atoms with Crippen LogP contribution in [0.3, 0.4) is 0 Å². The molecule has 20 heavy (non-hydrogen) atoms. The molecule has 4 atom stereocenters. The van der Waals surface area contributed by atoms with Crippen molar-refractivity contribution in [2.45, 2.75) is 38.8 Å². The van der Waals surface area contributed by atoms with E-state index in [2.05, 4.69) is 27.8 Å². The summed E-state index contributed by atoms with van der Waals surface area (Å²) < 4.78 is 0. The predicted molar refractivity (Wildman–Crippen MR) is 78.3 cm³/mol. The number of hydrogen-bond acceptors (Lipinski definition) is 3. The Balaban J connectivity index is 1.82. The molecular formula is C16H23N3O. The third kappa shape index (κ3) is 2.33. The number of fused-ring (bicyclic) bond motifs is 2. The van der Waals surface area contributed by atoms with Gasteiger partial charge in [0.25, 0.3) is 0 Å². The number of likely N-dealkylation sites (N-methyl/N-ethyl adjacent to an activating group) is 1. The highest BCUT2D eigenvalue weighted by atomic mass is 16.2. The second-order valence-electron chi connectivity index (χ2n) is 5.97. The van der Waals surface area contributed by atoms with Crippen molar-refractivity contribution in [3.05, 3.63) is 30.1 Å². The molecule has 2 bridgehead atoms. The minimum absolute atomic E-state index is 0.211. The number of hydrogen-bond donors (Lipinski definition) is 0. The van der Waals surface area contributed by atoms with Gasteiger partial charge in [-0.15, -0.1) is 0 Å². The molecular weight excluding hydrogens is 250 g/mol. The van der Waals surface area contributed by atoms with Crippen molar-refractivity contribution in [3.63, 3.8) is 0 Å². The van der Waals surface area contributed by atoms with Crippen molar-refractivity contribution in [1.29, 1.82) is 0 Å². The van der Waals surface area contributed by atoms with Crippen LogP contribution in [0.15, 0.2) is 24.5 Å². The third-order valence-corrected chi connectivity index (χ3v) is 4.88. The summed E-state index contributed by atoms with van der Waals surface area (Å²) in [6, 6.07) is 4.98. The predicted octanol–water partition coefficient (Wildman–Crippen LogP) is 1.57. The van der Waals surface area contributed by atoms with Gasteiger partial charge in [-0.2, -0.15) is 0 Å². The first-order chi connectivity index (χ1) is 9.70. The lowest BCUT2D eigenvalue weighted by Crippen LogP contribution is -2.52. The second-order valence-corrected chi connectivity index (χ2v) is 5.97. The van der Waals surface area contributed by atoms with Crippen LogP contribution in [0.25, 0.3) is 0 Å². The van der Waals surface area contributed by atoms with E-state index in [0.29, 0.717) is 18.0 Å². The van der Waals surface area contributed by atoms with Crippen LogP contribution < -0.4 is 0 Å². The van der Waals surface area contributed by atoms with Gasteiger partial charge < -0.3 is 4.90 Å². The molecule has 1 amide bonds. The molecule has 4 nitrogen and oxygen atoms in total. The van der Waals surface area contributed by atoms with E-state index in [0.717, 1.165) is 19.5 Å². The normalized spacial score (nSPS) is 31.5. The molecule has 0 aliphatic carbocycles. The first-order valence-corrected chi connectivity index (χ1v) is 7.61. The van der Waals surface area contributed by atoms with Gasteiger partial charge in [0.1, 0.15) is 0 Å². The van der Waals surface area contributed by atoms with E-state index < -0.39 is 0 Å². The Bertz CT molecular complexity index is 476. The van der Waals surface area contributed by atoms with E-state index in [1.807, 2.05) is 18.5 Å². The number of rotatable bonds is 4. The zero-order valence-corrected chi connectivity index (χ0v) is 12.3. The highest BCUT2D eigenvalue weighted by Crippen LogP contribution is 2.38. The smallest absolute Gasteiger partial charge is 0.219 e. The summed E-state index contributed by atoms with van der Waals surface area (Å²) in [5, 5.41) is 0. The van der Waals surface area contributed by atoms with Crippen LogP contribution >= 0.6 is 0 Å². The number of aromatic nitrogens is 1. The maximum atomic E-state index is 11.9. The molecule has 0 saturated carbocycles. The van der Waals surface area contributed by atoms with Crippen LogP contribution in [0.2, 0.25) is 0 Å². The average Bonchev–Trinajstić information content (AvgIpc) is 3.03. The summed E-state index contributed by atoms with van der Waals surface area (Å²) in [5.74, 6) is 0.864. The number of carbonyl (C=O) groups excluding carboxylic acids is 1. The lowest BCUT2D eigenvalue weighted by atomic mass is 9.89. The van der Waals surface area contributed by atoms with E-state index in [9.17, 15) is 4.79 Å². The fourth-order valence-corrected chi connectivity index (χ4v) is 4.04. The first kappa shape index (κ1) is 13.6. The zero-order chi connectivity index (χ0) is 14.1. The van der Waals surface area contributed by atoms with Gasteiger partial charge >= 0.3 is 0 Å². The van der Waals surface area contributed by atoms with Crippen LogP contribution in [0, 0.1) is 5.92 Å². The maximum Gasteiger partial charge on any atom is 0.219 e. The number of nitrogens with zero attached hydrogens (tertiary/aromatic N) is 3. The molecule has 4 heteroatoms. The Kier molecular flexibility index (Phi) is 3.74. The third-order valence-electron chi connectivity index (χ3n) is 4.88. The van der Waals surface area contributed by atoms with Crippen molar-refractivity contribution in [1.82, 2.24) is 14.8 Å². The molecule has 1 aromatic heterocycles. The Morgan fingerprint density at radius 2 is 2.40 bits per heavy atom. The van der Waals surface area contributed by atoms with Gasteiger partial charge in [-0.05, 0) is 43.9 Å². The summed E-state index contributed by atoms with van der Waals surface area (Å²) in [6.45, 7) is 6.94. The SMILES string of the molecule is CCN(C(C)=O)C1C2CCN(C2)C1Cc1cccnc1. The summed E-state index contributed by atoms with van der Waals surface area (Å²) >= 11 is 0. The van der Waals surface area contributed by atoms with Crippen molar-refractivity contribution in [3.8, 4) is 0 Å². The summed E-state index contributed by atoms with van der Waals surface area (Å²) in [5.41, 5.74) is 1.27. The van der Waals surface area contributed by atoms with E-state index >= 15 is 0 Å². The van der Waals surface area contributed by atoms with Crippen LogP contribution in [0.4, 0.5) is 0 Å².